The van der Waals surface area contributed by atoms with E-state index in [9.17, 15) is 14.0 Å². The number of halogens is 2. The van der Waals surface area contributed by atoms with Crippen molar-refractivity contribution in [3.8, 4) is 0 Å². The summed E-state index contributed by atoms with van der Waals surface area (Å²) in [5.74, 6) is -1.22. The van der Waals surface area contributed by atoms with Gasteiger partial charge in [-0.05, 0) is 30.7 Å². The van der Waals surface area contributed by atoms with Gasteiger partial charge in [-0.25, -0.2) is 13.9 Å². The Kier molecular flexibility index (Phi) is 4.37. The van der Waals surface area contributed by atoms with Crippen LogP contribution in [0.15, 0.2) is 35.1 Å². The van der Waals surface area contributed by atoms with E-state index in [1.807, 2.05) is 0 Å². The van der Waals surface area contributed by atoms with E-state index in [1.165, 1.54) is 37.4 Å². The Labute approximate surface area is 124 Å². The standard InChI is InChI=1S/C14H12ClFN2O3/c1-8(9-3-4-11(16)10(15)7-9)21-14(20)12-5-6-13(19)18(2)17-12/h3-8H,1-2H3/t8-/m0/s1. The molecule has 7 heteroatoms. The van der Waals surface area contributed by atoms with Crippen molar-refractivity contribution in [2.75, 3.05) is 0 Å². The highest BCUT2D eigenvalue weighted by molar-refractivity contribution is 6.30. The first kappa shape index (κ1) is 15.2. The molecule has 0 N–H and O–H groups in total. The number of rotatable bonds is 3. The fourth-order valence-corrected chi connectivity index (χ4v) is 1.85. The van der Waals surface area contributed by atoms with E-state index >= 15 is 0 Å². The zero-order chi connectivity index (χ0) is 15.6. The summed E-state index contributed by atoms with van der Waals surface area (Å²) >= 11 is 5.68. The Morgan fingerprint density at radius 2 is 2.10 bits per heavy atom. The van der Waals surface area contributed by atoms with Crippen LogP contribution >= 0.6 is 11.6 Å². The molecule has 0 spiro atoms. The normalized spacial score (nSPS) is 12.0. The highest BCUT2D eigenvalue weighted by atomic mass is 35.5. The molecular formula is C14H12ClFN2O3. The first-order valence-corrected chi connectivity index (χ1v) is 6.46. The number of carbonyl (C=O) groups is 1. The smallest absolute Gasteiger partial charge is 0.359 e. The van der Waals surface area contributed by atoms with Crippen LogP contribution in [-0.2, 0) is 11.8 Å². The lowest BCUT2D eigenvalue weighted by molar-refractivity contribution is 0.0328. The third-order valence-corrected chi connectivity index (χ3v) is 3.16. The van der Waals surface area contributed by atoms with Crippen molar-refractivity contribution in [2.24, 2.45) is 7.05 Å². The molecule has 0 unspecified atom stereocenters. The zero-order valence-corrected chi connectivity index (χ0v) is 12.1. The van der Waals surface area contributed by atoms with Crippen LogP contribution in [0, 0.1) is 5.82 Å². The second-order valence-electron chi connectivity index (χ2n) is 4.40. The number of carbonyl (C=O) groups excluding carboxylic acids is 1. The monoisotopic (exact) mass is 310 g/mol. The predicted molar refractivity (Wildman–Crippen MR) is 74.7 cm³/mol. The highest BCUT2D eigenvalue weighted by Crippen LogP contribution is 2.23. The van der Waals surface area contributed by atoms with Gasteiger partial charge in [0, 0.05) is 13.1 Å². The first-order valence-electron chi connectivity index (χ1n) is 6.09. The van der Waals surface area contributed by atoms with E-state index < -0.39 is 17.9 Å². The zero-order valence-electron chi connectivity index (χ0n) is 11.3. The summed E-state index contributed by atoms with van der Waals surface area (Å²) in [5, 5.41) is 3.75. The van der Waals surface area contributed by atoms with Crippen molar-refractivity contribution < 1.29 is 13.9 Å². The number of nitrogens with zero attached hydrogens (tertiary/aromatic N) is 2. The minimum atomic E-state index is -0.682. The van der Waals surface area contributed by atoms with Crippen LogP contribution in [0.1, 0.15) is 29.1 Å². The number of hydrogen-bond acceptors (Lipinski definition) is 4. The van der Waals surface area contributed by atoms with Crippen LogP contribution in [0.2, 0.25) is 5.02 Å². The lowest BCUT2D eigenvalue weighted by atomic mass is 10.1. The summed E-state index contributed by atoms with van der Waals surface area (Å²) < 4.78 is 19.3. The molecule has 0 aliphatic rings. The average molecular weight is 311 g/mol. The molecule has 0 bridgehead atoms. The van der Waals surface area contributed by atoms with E-state index in [0.717, 1.165) is 4.68 Å². The molecule has 1 aromatic heterocycles. The molecule has 0 radical (unpaired) electrons. The maximum atomic E-state index is 13.1. The fourth-order valence-electron chi connectivity index (χ4n) is 1.67. The maximum Gasteiger partial charge on any atom is 0.359 e. The maximum absolute atomic E-state index is 13.1. The third kappa shape index (κ3) is 3.46. The number of esters is 1. The fraction of sp³-hybridized carbons (Fsp3) is 0.214. The van der Waals surface area contributed by atoms with Crippen molar-refractivity contribution in [2.45, 2.75) is 13.0 Å². The molecule has 0 aliphatic heterocycles. The molecule has 0 saturated carbocycles. The van der Waals surface area contributed by atoms with Gasteiger partial charge in [0.25, 0.3) is 5.56 Å². The van der Waals surface area contributed by atoms with Gasteiger partial charge in [-0.2, -0.15) is 5.10 Å². The van der Waals surface area contributed by atoms with Crippen LogP contribution in [0.3, 0.4) is 0 Å². The van der Waals surface area contributed by atoms with Crippen molar-refractivity contribution in [3.05, 3.63) is 62.8 Å². The molecular weight excluding hydrogens is 299 g/mol. The van der Waals surface area contributed by atoms with Crippen LogP contribution in [-0.4, -0.2) is 15.7 Å². The SMILES string of the molecule is C[C@H](OC(=O)c1ccc(=O)n(C)n1)c1ccc(F)c(Cl)c1. The number of hydrogen-bond donors (Lipinski definition) is 0. The van der Waals surface area contributed by atoms with E-state index in [1.54, 1.807) is 6.92 Å². The van der Waals surface area contributed by atoms with Crippen molar-refractivity contribution in [1.82, 2.24) is 9.78 Å². The van der Waals surface area contributed by atoms with Gasteiger partial charge < -0.3 is 4.74 Å². The lowest BCUT2D eigenvalue weighted by Crippen LogP contribution is -2.22. The molecule has 0 aliphatic carbocycles. The number of aryl methyl sites for hydroxylation is 1. The largest absolute Gasteiger partial charge is 0.453 e. The molecule has 0 fully saturated rings. The topological polar surface area (TPSA) is 61.2 Å². The summed E-state index contributed by atoms with van der Waals surface area (Å²) in [4.78, 5) is 23.1. The Bertz CT molecular complexity index is 745. The minimum absolute atomic E-state index is 0.0113. The van der Waals surface area contributed by atoms with Crippen molar-refractivity contribution in [1.29, 1.82) is 0 Å². The highest BCUT2D eigenvalue weighted by Gasteiger charge is 2.16. The number of ether oxygens (including phenoxy) is 1. The molecule has 0 amide bonds. The summed E-state index contributed by atoms with van der Waals surface area (Å²) in [6, 6.07) is 6.58. The van der Waals surface area contributed by atoms with Crippen LogP contribution in [0.4, 0.5) is 4.39 Å². The van der Waals surface area contributed by atoms with Gasteiger partial charge >= 0.3 is 5.97 Å². The summed E-state index contributed by atoms with van der Waals surface area (Å²) in [6.07, 6.45) is -0.630. The van der Waals surface area contributed by atoms with Crippen LogP contribution in [0.5, 0.6) is 0 Å². The molecule has 5 nitrogen and oxygen atoms in total. The molecule has 2 rings (SSSR count). The first-order chi connectivity index (χ1) is 9.88. The van der Waals surface area contributed by atoms with E-state index in [2.05, 4.69) is 5.10 Å². The second kappa shape index (κ2) is 6.05. The number of aromatic nitrogens is 2. The summed E-state index contributed by atoms with van der Waals surface area (Å²) in [6.45, 7) is 1.63. The number of benzene rings is 1. The van der Waals surface area contributed by atoms with E-state index in [4.69, 9.17) is 16.3 Å². The average Bonchev–Trinajstić information content (AvgIpc) is 2.44. The quantitative estimate of drug-likeness (QED) is 0.817. The molecule has 110 valence electrons. The van der Waals surface area contributed by atoms with Crippen molar-refractivity contribution in [3.63, 3.8) is 0 Å². The summed E-state index contributed by atoms with van der Waals surface area (Å²) in [5.41, 5.74) is 0.238. The molecule has 0 saturated heterocycles. The van der Waals surface area contributed by atoms with Gasteiger partial charge in [0.2, 0.25) is 0 Å². The Hall–Kier alpha value is -2.21. The third-order valence-electron chi connectivity index (χ3n) is 2.87. The molecule has 21 heavy (non-hydrogen) atoms. The lowest BCUT2D eigenvalue weighted by Gasteiger charge is -2.13. The van der Waals surface area contributed by atoms with E-state index in [-0.39, 0.29) is 16.3 Å². The Morgan fingerprint density at radius 3 is 2.71 bits per heavy atom. The van der Waals surface area contributed by atoms with E-state index in [0.29, 0.717) is 5.56 Å². The molecule has 2 aromatic rings. The Balaban J connectivity index is 2.16. The van der Waals surface area contributed by atoms with Gasteiger partial charge in [0.1, 0.15) is 11.9 Å². The predicted octanol–water partition coefficient (Wildman–Crippen LogP) is 2.49. The van der Waals surface area contributed by atoms with Gasteiger partial charge in [-0.1, -0.05) is 17.7 Å². The van der Waals surface area contributed by atoms with Crippen molar-refractivity contribution >= 4 is 17.6 Å². The van der Waals surface area contributed by atoms with Crippen LogP contribution in [0.25, 0.3) is 0 Å². The van der Waals surface area contributed by atoms with Gasteiger partial charge in [-0.15, -0.1) is 0 Å². The van der Waals surface area contributed by atoms with Gasteiger partial charge in [-0.3, -0.25) is 4.79 Å². The van der Waals surface area contributed by atoms with Gasteiger partial charge in [0.05, 0.1) is 5.02 Å². The molecule has 1 atom stereocenters. The van der Waals surface area contributed by atoms with Gasteiger partial charge in [0.15, 0.2) is 5.69 Å². The summed E-state index contributed by atoms with van der Waals surface area (Å²) in [7, 11) is 1.43. The van der Waals surface area contributed by atoms with Crippen LogP contribution < -0.4 is 5.56 Å². The minimum Gasteiger partial charge on any atom is -0.453 e. The Morgan fingerprint density at radius 1 is 1.38 bits per heavy atom. The molecule has 1 aromatic carbocycles. The second-order valence-corrected chi connectivity index (χ2v) is 4.81. The molecule has 1 heterocycles.